The number of aryl methyl sites for hydroxylation is 2. The first-order valence-electron chi connectivity index (χ1n) is 13.5. The Hall–Kier alpha value is -5.28. The largest absolute Gasteiger partial charge is 0.507 e. The molecular weight excluding hydrogens is 502 g/mol. The van der Waals surface area contributed by atoms with E-state index < -0.39 is 0 Å². The molecular formula is C38H33NO2. The van der Waals surface area contributed by atoms with E-state index in [2.05, 4.69) is 18.5 Å². The summed E-state index contributed by atoms with van der Waals surface area (Å²) in [5.74, 6) is 0.409. The predicted octanol–water partition coefficient (Wildman–Crippen LogP) is 10.2. The SMILES string of the molecule is C=C/C=C(\C=C)c1cc(C)cc(-c2ccccc2Nc2ccccc2-c2cc(C)cc(-c3ccccc3)c2O)c1O. The molecule has 0 unspecified atom stereocenters. The molecule has 0 amide bonds. The second-order valence-corrected chi connectivity index (χ2v) is 10.1. The van der Waals surface area contributed by atoms with E-state index in [1.54, 1.807) is 12.2 Å². The Balaban J connectivity index is 1.63. The molecule has 41 heavy (non-hydrogen) atoms. The number of rotatable bonds is 8. The van der Waals surface area contributed by atoms with E-state index in [9.17, 15) is 10.2 Å². The van der Waals surface area contributed by atoms with Crippen LogP contribution in [-0.2, 0) is 0 Å². The number of nitrogens with one attached hydrogen (secondary N) is 1. The number of aromatic hydroxyl groups is 2. The van der Waals surface area contributed by atoms with Gasteiger partial charge in [-0.3, -0.25) is 0 Å². The average molecular weight is 536 g/mol. The minimum Gasteiger partial charge on any atom is -0.507 e. The lowest BCUT2D eigenvalue weighted by molar-refractivity contribution is 0.475. The Morgan fingerprint density at radius 3 is 1.71 bits per heavy atom. The summed E-state index contributed by atoms with van der Waals surface area (Å²) in [6.45, 7) is 11.8. The first-order chi connectivity index (χ1) is 19.9. The van der Waals surface area contributed by atoms with Crippen molar-refractivity contribution in [3.8, 4) is 44.9 Å². The molecule has 5 aromatic rings. The van der Waals surface area contributed by atoms with Crippen molar-refractivity contribution in [2.24, 2.45) is 0 Å². The van der Waals surface area contributed by atoms with E-state index in [0.717, 1.165) is 55.9 Å². The van der Waals surface area contributed by atoms with Crippen molar-refractivity contribution in [1.82, 2.24) is 0 Å². The fourth-order valence-electron chi connectivity index (χ4n) is 5.22. The molecule has 5 aromatic carbocycles. The van der Waals surface area contributed by atoms with E-state index >= 15 is 0 Å². The molecule has 0 fully saturated rings. The molecule has 0 aromatic heterocycles. The first-order valence-corrected chi connectivity index (χ1v) is 13.5. The zero-order valence-electron chi connectivity index (χ0n) is 23.4. The summed E-state index contributed by atoms with van der Waals surface area (Å²) in [6.07, 6.45) is 5.25. The van der Waals surface area contributed by atoms with Crippen LogP contribution < -0.4 is 5.32 Å². The van der Waals surface area contributed by atoms with E-state index in [1.165, 1.54) is 0 Å². The van der Waals surface area contributed by atoms with Crippen LogP contribution in [-0.4, -0.2) is 10.2 Å². The van der Waals surface area contributed by atoms with Gasteiger partial charge in [0, 0.05) is 44.8 Å². The third kappa shape index (κ3) is 5.57. The molecule has 3 N–H and O–H groups in total. The maximum atomic E-state index is 11.5. The molecule has 0 aliphatic rings. The summed E-state index contributed by atoms with van der Waals surface area (Å²) in [6, 6.07) is 33.7. The number of benzene rings is 5. The van der Waals surface area contributed by atoms with Gasteiger partial charge in [0.15, 0.2) is 0 Å². The van der Waals surface area contributed by atoms with Gasteiger partial charge < -0.3 is 15.5 Å². The normalized spacial score (nSPS) is 11.2. The van der Waals surface area contributed by atoms with Gasteiger partial charge in [-0.1, -0.05) is 98.1 Å². The van der Waals surface area contributed by atoms with Crippen LogP contribution in [0.1, 0.15) is 16.7 Å². The lowest BCUT2D eigenvalue weighted by Crippen LogP contribution is -1.97. The van der Waals surface area contributed by atoms with Crippen LogP contribution in [0.5, 0.6) is 11.5 Å². The molecule has 3 heteroatoms. The van der Waals surface area contributed by atoms with Gasteiger partial charge in [-0.05, 0) is 72.5 Å². The molecule has 0 saturated heterocycles. The van der Waals surface area contributed by atoms with Gasteiger partial charge in [-0.2, -0.15) is 0 Å². The van der Waals surface area contributed by atoms with Gasteiger partial charge in [0.05, 0.1) is 0 Å². The monoisotopic (exact) mass is 535 g/mol. The molecule has 0 bridgehead atoms. The van der Waals surface area contributed by atoms with Gasteiger partial charge in [0.1, 0.15) is 11.5 Å². The van der Waals surface area contributed by atoms with E-state index in [-0.39, 0.29) is 11.5 Å². The number of allylic oxidation sites excluding steroid dienone is 4. The summed E-state index contributed by atoms with van der Waals surface area (Å²) < 4.78 is 0. The Bertz CT molecular complexity index is 1780. The topological polar surface area (TPSA) is 52.5 Å². The van der Waals surface area contributed by atoms with Crippen molar-refractivity contribution >= 4 is 16.9 Å². The fourth-order valence-corrected chi connectivity index (χ4v) is 5.22. The zero-order chi connectivity index (χ0) is 28.9. The molecule has 0 atom stereocenters. The minimum atomic E-state index is 0.176. The van der Waals surface area contributed by atoms with Crippen molar-refractivity contribution in [2.45, 2.75) is 13.8 Å². The maximum absolute atomic E-state index is 11.5. The number of phenols is 2. The van der Waals surface area contributed by atoms with Gasteiger partial charge in [0.25, 0.3) is 0 Å². The Labute approximate surface area is 242 Å². The molecule has 5 rings (SSSR count). The summed E-state index contributed by atoms with van der Waals surface area (Å²) >= 11 is 0. The Morgan fingerprint density at radius 2 is 1.12 bits per heavy atom. The predicted molar refractivity (Wildman–Crippen MR) is 174 cm³/mol. The molecule has 202 valence electrons. The van der Waals surface area contributed by atoms with Crippen molar-refractivity contribution < 1.29 is 10.2 Å². The molecule has 0 radical (unpaired) electrons. The highest BCUT2D eigenvalue weighted by Crippen LogP contribution is 2.44. The maximum Gasteiger partial charge on any atom is 0.131 e. The highest BCUT2D eigenvalue weighted by molar-refractivity contribution is 5.93. The van der Waals surface area contributed by atoms with Crippen LogP contribution in [0.4, 0.5) is 11.4 Å². The fraction of sp³-hybridized carbons (Fsp3) is 0.0526. The van der Waals surface area contributed by atoms with E-state index in [1.807, 2.05) is 123 Å². The summed E-state index contributed by atoms with van der Waals surface area (Å²) in [5.41, 5.74) is 10.2. The highest BCUT2D eigenvalue weighted by atomic mass is 16.3. The van der Waals surface area contributed by atoms with Crippen LogP contribution in [0.15, 0.2) is 135 Å². The first kappa shape index (κ1) is 27.3. The van der Waals surface area contributed by atoms with Gasteiger partial charge in [-0.15, -0.1) is 0 Å². The lowest BCUT2D eigenvalue weighted by atomic mass is 9.93. The van der Waals surface area contributed by atoms with Gasteiger partial charge in [-0.25, -0.2) is 0 Å². The second-order valence-electron chi connectivity index (χ2n) is 10.1. The highest BCUT2D eigenvalue weighted by Gasteiger charge is 2.18. The molecule has 0 aliphatic heterocycles. The Morgan fingerprint density at radius 1 is 0.610 bits per heavy atom. The second kappa shape index (κ2) is 11.8. The molecule has 0 spiro atoms. The van der Waals surface area contributed by atoms with Crippen molar-refractivity contribution in [3.63, 3.8) is 0 Å². The molecule has 3 nitrogen and oxygen atoms in total. The molecule has 0 aliphatic carbocycles. The zero-order valence-corrected chi connectivity index (χ0v) is 23.4. The lowest BCUT2D eigenvalue weighted by Gasteiger charge is -2.19. The van der Waals surface area contributed by atoms with Crippen LogP contribution in [0, 0.1) is 13.8 Å². The quantitative estimate of drug-likeness (QED) is 0.173. The third-order valence-corrected chi connectivity index (χ3v) is 7.13. The number of anilines is 2. The van der Waals surface area contributed by atoms with Crippen LogP contribution in [0.25, 0.3) is 39.0 Å². The Kier molecular flexibility index (Phi) is 7.89. The van der Waals surface area contributed by atoms with Crippen LogP contribution >= 0.6 is 0 Å². The van der Waals surface area contributed by atoms with Crippen LogP contribution in [0.3, 0.4) is 0 Å². The van der Waals surface area contributed by atoms with Crippen molar-refractivity contribution in [1.29, 1.82) is 0 Å². The molecule has 0 saturated carbocycles. The average Bonchev–Trinajstić information content (AvgIpc) is 2.99. The third-order valence-electron chi connectivity index (χ3n) is 7.13. The number of hydrogen-bond donors (Lipinski definition) is 3. The smallest absolute Gasteiger partial charge is 0.131 e. The van der Waals surface area contributed by atoms with Crippen molar-refractivity contribution in [3.05, 3.63) is 151 Å². The van der Waals surface area contributed by atoms with Crippen molar-refractivity contribution in [2.75, 3.05) is 5.32 Å². The number of hydrogen-bond acceptors (Lipinski definition) is 3. The van der Waals surface area contributed by atoms with Gasteiger partial charge >= 0.3 is 0 Å². The van der Waals surface area contributed by atoms with Crippen LogP contribution in [0.2, 0.25) is 0 Å². The van der Waals surface area contributed by atoms with E-state index in [0.29, 0.717) is 11.1 Å². The summed E-state index contributed by atoms with van der Waals surface area (Å²) in [7, 11) is 0. The minimum absolute atomic E-state index is 0.176. The number of para-hydroxylation sites is 2. The van der Waals surface area contributed by atoms with Gasteiger partial charge in [0.2, 0.25) is 0 Å². The summed E-state index contributed by atoms with van der Waals surface area (Å²) in [4.78, 5) is 0. The van der Waals surface area contributed by atoms with E-state index in [4.69, 9.17) is 0 Å². The summed E-state index contributed by atoms with van der Waals surface area (Å²) in [5, 5.41) is 26.5. The molecule has 0 heterocycles. The standard InChI is InChI=1S/C38H33NO2/c1-5-14-27(6-2)31-21-25(3)23-33(37(31)40)29-17-10-12-19-35(29)39-36-20-13-11-18-30(36)34-24-26(4)22-32(38(34)41)28-15-8-7-9-16-28/h5-24,39-41H,1-2H2,3-4H3/b27-14+. The number of phenolic OH excluding ortho intramolecular Hbond substituents is 2.